The summed E-state index contributed by atoms with van der Waals surface area (Å²) in [4.78, 5) is 1.31. The van der Waals surface area contributed by atoms with E-state index in [2.05, 4.69) is 23.9 Å². The van der Waals surface area contributed by atoms with Crippen LogP contribution in [0.2, 0.25) is 0 Å². The molecular weight excluding hydrogens is 324 g/mol. The monoisotopic (exact) mass is 348 g/mol. The van der Waals surface area contributed by atoms with E-state index < -0.39 is 10.0 Å². The molecule has 1 aliphatic heterocycles. The highest BCUT2D eigenvalue weighted by molar-refractivity contribution is 8.00. The lowest BCUT2D eigenvalue weighted by atomic mass is 10.2. The Labute approximate surface area is 136 Å². The standard InChI is InChI=1S/C14H24N2O2S3/c1-11(2)15-10-13-14(6-8-20-13)21(17,18)16-9-12-5-3-4-7-19-12/h6,8,11-12,15-16H,3-5,7,9-10H2,1-2H3. The zero-order chi connectivity index (χ0) is 15.3. The van der Waals surface area contributed by atoms with Crippen molar-refractivity contribution in [2.45, 2.75) is 55.8 Å². The third-order valence-corrected chi connectivity index (χ3v) is 7.40. The molecule has 21 heavy (non-hydrogen) atoms. The van der Waals surface area contributed by atoms with Crippen LogP contribution in [0, 0.1) is 0 Å². The first-order valence-electron chi connectivity index (χ1n) is 7.40. The van der Waals surface area contributed by atoms with Crippen molar-refractivity contribution in [3.05, 3.63) is 16.3 Å². The second-order valence-corrected chi connectivity index (χ2v) is 9.73. The average Bonchev–Trinajstić information content (AvgIpc) is 2.93. The van der Waals surface area contributed by atoms with Gasteiger partial charge in [0.05, 0.1) is 4.90 Å². The van der Waals surface area contributed by atoms with Crippen molar-refractivity contribution >= 4 is 33.1 Å². The van der Waals surface area contributed by atoms with Crippen LogP contribution in [-0.2, 0) is 16.6 Å². The summed E-state index contributed by atoms with van der Waals surface area (Å²) in [7, 11) is -3.39. The lowest BCUT2D eigenvalue weighted by Crippen LogP contribution is -2.32. The molecule has 0 saturated carbocycles. The van der Waals surface area contributed by atoms with Crippen LogP contribution in [0.1, 0.15) is 38.0 Å². The summed E-state index contributed by atoms with van der Waals surface area (Å²) < 4.78 is 27.7. The molecule has 2 rings (SSSR count). The molecule has 1 atom stereocenters. The van der Waals surface area contributed by atoms with Crippen LogP contribution >= 0.6 is 23.1 Å². The van der Waals surface area contributed by atoms with Gasteiger partial charge in [-0.25, -0.2) is 13.1 Å². The Bertz CT molecular complexity index is 534. The fraction of sp³-hybridized carbons (Fsp3) is 0.714. The predicted octanol–water partition coefficient (Wildman–Crippen LogP) is 2.81. The zero-order valence-electron chi connectivity index (χ0n) is 12.6. The van der Waals surface area contributed by atoms with E-state index in [9.17, 15) is 8.42 Å². The Balaban J connectivity index is 1.96. The number of hydrogen-bond acceptors (Lipinski definition) is 5. The van der Waals surface area contributed by atoms with Crippen LogP contribution in [0.4, 0.5) is 0 Å². The highest BCUT2D eigenvalue weighted by atomic mass is 32.2. The van der Waals surface area contributed by atoms with Gasteiger partial charge in [-0.2, -0.15) is 11.8 Å². The summed E-state index contributed by atoms with van der Waals surface area (Å²) in [6.45, 7) is 5.25. The van der Waals surface area contributed by atoms with Gasteiger partial charge < -0.3 is 5.32 Å². The maximum absolute atomic E-state index is 12.5. The molecule has 0 bridgehead atoms. The van der Waals surface area contributed by atoms with Gasteiger partial charge in [-0.15, -0.1) is 11.3 Å². The van der Waals surface area contributed by atoms with E-state index in [0.29, 0.717) is 29.3 Å². The molecule has 1 aliphatic rings. The molecule has 1 aromatic rings. The number of thioether (sulfide) groups is 1. The Morgan fingerprint density at radius 3 is 2.86 bits per heavy atom. The third-order valence-electron chi connectivity index (χ3n) is 3.44. The second kappa shape index (κ2) is 7.97. The number of hydrogen-bond donors (Lipinski definition) is 2. The van der Waals surface area contributed by atoms with Crippen LogP contribution in [0.25, 0.3) is 0 Å². The van der Waals surface area contributed by atoms with Crippen molar-refractivity contribution in [3.63, 3.8) is 0 Å². The maximum Gasteiger partial charge on any atom is 0.241 e. The quantitative estimate of drug-likeness (QED) is 0.795. The van der Waals surface area contributed by atoms with Crippen molar-refractivity contribution in [1.29, 1.82) is 0 Å². The first-order chi connectivity index (χ1) is 9.99. The summed E-state index contributed by atoms with van der Waals surface area (Å²) in [5.41, 5.74) is 0. The van der Waals surface area contributed by atoms with E-state index in [4.69, 9.17) is 0 Å². The largest absolute Gasteiger partial charge is 0.310 e. The first-order valence-corrected chi connectivity index (χ1v) is 10.8. The van der Waals surface area contributed by atoms with E-state index in [1.165, 1.54) is 24.2 Å². The normalized spacial score (nSPS) is 20.0. The van der Waals surface area contributed by atoms with E-state index in [1.54, 1.807) is 6.07 Å². The first kappa shape index (κ1) is 17.3. The van der Waals surface area contributed by atoms with E-state index in [0.717, 1.165) is 17.1 Å². The lowest BCUT2D eigenvalue weighted by molar-refractivity contribution is 0.566. The Morgan fingerprint density at radius 2 is 2.19 bits per heavy atom. The third kappa shape index (κ3) is 5.25. The molecule has 0 aromatic carbocycles. The number of sulfonamides is 1. The SMILES string of the molecule is CC(C)NCc1sccc1S(=O)(=O)NCC1CCCCS1. The van der Waals surface area contributed by atoms with Crippen molar-refractivity contribution < 1.29 is 8.42 Å². The highest BCUT2D eigenvalue weighted by Crippen LogP contribution is 2.26. The minimum Gasteiger partial charge on any atom is -0.310 e. The van der Waals surface area contributed by atoms with Crippen molar-refractivity contribution in [3.8, 4) is 0 Å². The molecular formula is C14H24N2O2S3. The number of rotatable bonds is 7. The predicted molar refractivity (Wildman–Crippen MR) is 91.6 cm³/mol. The van der Waals surface area contributed by atoms with Gasteiger partial charge in [-0.05, 0) is 30.0 Å². The van der Waals surface area contributed by atoms with E-state index >= 15 is 0 Å². The summed E-state index contributed by atoms with van der Waals surface area (Å²) in [5.74, 6) is 1.15. The fourth-order valence-corrected chi connectivity index (χ4v) is 6.06. The molecule has 0 radical (unpaired) electrons. The number of nitrogens with one attached hydrogen (secondary N) is 2. The van der Waals surface area contributed by atoms with Gasteiger partial charge in [0.2, 0.25) is 10.0 Å². The van der Waals surface area contributed by atoms with Crippen LogP contribution in [0.15, 0.2) is 16.3 Å². The van der Waals surface area contributed by atoms with E-state index in [-0.39, 0.29) is 0 Å². The molecule has 0 aliphatic carbocycles. The van der Waals surface area contributed by atoms with Gasteiger partial charge in [0.1, 0.15) is 0 Å². The van der Waals surface area contributed by atoms with Gasteiger partial charge >= 0.3 is 0 Å². The molecule has 4 nitrogen and oxygen atoms in total. The van der Waals surface area contributed by atoms with Crippen LogP contribution in [0.5, 0.6) is 0 Å². The summed E-state index contributed by atoms with van der Waals surface area (Å²) >= 11 is 3.38. The minimum atomic E-state index is -3.39. The Morgan fingerprint density at radius 1 is 1.38 bits per heavy atom. The Hall–Kier alpha value is -0.0800. The average molecular weight is 349 g/mol. The molecule has 120 valence electrons. The highest BCUT2D eigenvalue weighted by Gasteiger charge is 2.22. The van der Waals surface area contributed by atoms with Crippen LogP contribution in [-0.4, -0.2) is 32.0 Å². The number of thiophene rings is 1. The van der Waals surface area contributed by atoms with Crippen molar-refractivity contribution in [2.75, 3.05) is 12.3 Å². The smallest absolute Gasteiger partial charge is 0.241 e. The molecule has 1 saturated heterocycles. The van der Waals surface area contributed by atoms with Gasteiger partial charge in [0.25, 0.3) is 0 Å². The molecule has 2 heterocycles. The fourth-order valence-electron chi connectivity index (χ4n) is 2.24. The summed E-state index contributed by atoms with van der Waals surface area (Å²) in [6, 6.07) is 2.05. The summed E-state index contributed by atoms with van der Waals surface area (Å²) in [6.07, 6.45) is 3.57. The van der Waals surface area contributed by atoms with Crippen LogP contribution < -0.4 is 10.0 Å². The van der Waals surface area contributed by atoms with E-state index in [1.807, 2.05) is 17.1 Å². The van der Waals surface area contributed by atoms with Gasteiger partial charge in [-0.1, -0.05) is 20.3 Å². The lowest BCUT2D eigenvalue weighted by Gasteiger charge is -2.21. The van der Waals surface area contributed by atoms with Gasteiger partial charge in [0.15, 0.2) is 0 Å². The molecule has 1 unspecified atom stereocenters. The van der Waals surface area contributed by atoms with Crippen molar-refractivity contribution in [2.24, 2.45) is 0 Å². The topological polar surface area (TPSA) is 58.2 Å². The minimum absolute atomic E-state index is 0.342. The van der Waals surface area contributed by atoms with Crippen LogP contribution in [0.3, 0.4) is 0 Å². The molecule has 0 spiro atoms. The molecule has 1 aromatic heterocycles. The Kier molecular flexibility index (Phi) is 6.55. The maximum atomic E-state index is 12.5. The molecule has 2 N–H and O–H groups in total. The molecule has 1 fully saturated rings. The second-order valence-electron chi connectivity index (χ2n) is 5.58. The van der Waals surface area contributed by atoms with Gasteiger partial charge in [-0.3, -0.25) is 0 Å². The summed E-state index contributed by atoms with van der Waals surface area (Å²) in [5, 5.41) is 5.55. The molecule has 0 amide bonds. The zero-order valence-corrected chi connectivity index (χ0v) is 15.0. The molecule has 7 heteroatoms. The van der Waals surface area contributed by atoms with Gasteiger partial charge in [0, 0.05) is 29.3 Å². The van der Waals surface area contributed by atoms with Crippen molar-refractivity contribution in [1.82, 2.24) is 10.0 Å².